The molecule has 7 heteroatoms. The lowest BCUT2D eigenvalue weighted by molar-refractivity contribution is -0.141. The second-order valence-corrected chi connectivity index (χ2v) is 4.90. The molecule has 1 aromatic heterocycles. The average molecular weight is 332 g/mol. The molecule has 0 aliphatic heterocycles. The molecule has 0 N–H and O–H groups in total. The minimum atomic E-state index is -4.65. The van der Waals surface area contributed by atoms with Gasteiger partial charge in [-0.1, -0.05) is 0 Å². The quantitative estimate of drug-likeness (QED) is 0.617. The molecule has 3 rings (SSSR count). The lowest BCUT2D eigenvalue weighted by Crippen LogP contribution is -2.08. The maximum atomic E-state index is 13.0. The number of nitrogens with zero attached hydrogens (tertiary/aromatic N) is 2. The van der Waals surface area contributed by atoms with Gasteiger partial charge in [-0.3, -0.25) is 0 Å². The van der Waals surface area contributed by atoms with Gasteiger partial charge < -0.3 is 4.74 Å². The second kappa shape index (κ2) is 5.81. The first-order chi connectivity index (χ1) is 11.4. The van der Waals surface area contributed by atoms with Gasteiger partial charge in [0.25, 0.3) is 0 Å². The molecule has 2 aromatic carbocycles. The molecule has 0 radical (unpaired) electrons. The predicted octanol–water partition coefficient (Wildman–Crippen LogP) is 5.06. The molecule has 0 aliphatic rings. The summed E-state index contributed by atoms with van der Waals surface area (Å²) in [7, 11) is 0. The van der Waals surface area contributed by atoms with Crippen LogP contribution in [-0.2, 0) is 6.18 Å². The molecule has 0 amide bonds. The highest BCUT2D eigenvalue weighted by Gasteiger charge is 2.33. The van der Waals surface area contributed by atoms with Crippen LogP contribution in [0.1, 0.15) is 11.3 Å². The Labute approximate surface area is 133 Å². The summed E-state index contributed by atoms with van der Waals surface area (Å²) >= 11 is 0. The summed E-state index contributed by atoms with van der Waals surface area (Å²) in [6, 6.07) is 11.6. The summed E-state index contributed by atoms with van der Waals surface area (Å²) in [6.45, 7) is 0. The Bertz CT molecular complexity index is 944. The Balaban J connectivity index is 2.18. The number of rotatable bonds is 2. The minimum absolute atomic E-state index is 0.0425. The Hall–Kier alpha value is -3.14. The van der Waals surface area contributed by atoms with Crippen molar-refractivity contribution in [1.82, 2.24) is 4.98 Å². The Morgan fingerprint density at radius 1 is 1.00 bits per heavy atom. The Morgan fingerprint density at radius 2 is 1.71 bits per heavy atom. The second-order valence-electron chi connectivity index (χ2n) is 4.90. The van der Waals surface area contributed by atoms with Crippen molar-refractivity contribution in [2.75, 3.05) is 0 Å². The van der Waals surface area contributed by atoms with E-state index in [1.807, 2.05) is 6.07 Å². The number of halogens is 4. The Kier molecular flexibility index (Phi) is 3.81. The van der Waals surface area contributed by atoms with Crippen LogP contribution in [0.25, 0.3) is 10.9 Å². The lowest BCUT2D eigenvalue weighted by Gasteiger charge is -2.13. The van der Waals surface area contributed by atoms with Crippen molar-refractivity contribution >= 4 is 10.9 Å². The highest BCUT2D eigenvalue weighted by Crippen LogP contribution is 2.36. The van der Waals surface area contributed by atoms with Gasteiger partial charge in [0.15, 0.2) is 0 Å². The smallest absolute Gasteiger partial charge is 0.433 e. The zero-order chi connectivity index (χ0) is 17.3. The van der Waals surface area contributed by atoms with Gasteiger partial charge >= 0.3 is 6.18 Å². The van der Waals surface area contributed by atoms with Crippen LogP contribution in [0.3, 0.4) is 0 Å². The van der Waals surface area contributed by atoms with Crippen LogP contribution < -0.4 is 4.74 Å². The van der Waals surface area contributed by atoms with Gasteiger partial charge in [-0.2, -0.15) is 18.4 Å². The largest absolute Gasteiger partial charge is 0.457 e. The van der Waals surface area contributed by atoms with Gasteiger partial charge in [0.05, 0.1) is 17.1 Å². The third kappa shape index (κ3) is 3.13. The van der Waals surface area contributed by atoms with E-state index in [1.165, 1.54) is 30.3 Å². The van der Waals surface area contributed by atoms with Crippen LogP contribution in [-0.4, -0.2) is 4.98 Å². The van der Waals surface area contributed by atoms with Crippen molar-refractivity contribution in [2.45, 2.75) is 6.18 Å². The van der Waals surface area contributed by atoms with Gasteiger partial charge in [0.2, 0.25) is 0 Å². The number of nitriles is 1. The van der Waals surface area contributed by atoms with E-state index in [1.54, 1.807) is 0 Å². The summed E-state index contributed by atoms with van der Waals surface area (Å²) in [5.41, 5.74) is -0.814. The van der Waals surface area contributed by atoms with Gasteiger partial charge in [-0.25, -0.2) is 9.37 Å². The van der Waals surface area contributed by atoms with E-state index >= 15 is 0 Å². The molecule has 0 aliphatic carbocycles. The molecular formula is C17H8F4N2O. The molecule has 120 valence electrons. The van der Waals surface area contributed by atoms with E-state index in [9.17, 15) is 17.6 Å². The fraction of sp³-hybridized carbons (Fsp3) is 0.0588. The summed E-state index contributed by atoms with van der Waals surface area (Å²) in [6.07, 6.45) is -4.65. The summed E-state index contributed by atoms with van der Waals surface area (Å²) < 4.78 is 57.5. The molecule has 0 spiro atoms. The third-order valence-corrected chi connectivity index (χ3v) is 3.23. The van der Waals surface area contributed by atoms with Crippen molar-refractivity contribution < 1.29 is 22.3 Å². The zero-order valence-corrected chi connectivity index (χ0v) is 11.9. The summed E-state index contributed by atoms with van der Waals surface area (Å²) in [5, 5.41) is 9.22. The number of benzene rings is 2. The highest BCUT2D eigenvalue weighted by atomic mass is 19.4. The van der Waals surface area contributed by atoms with Crippen LogP contribution in [0.4, 0.5) is 17.6 Å². The maximum Gasteiger partial charge on any atom is 0.433 e. The van der Waals surface area contributed by atoms with Crippen molar-refractivity contribution in [3.05, 3.63) is 65.6 Å². The van der Waals surface area contributed by atoms with Crippen molar-refractivity contribution in [2.24, 2.45) is 0 Å². The number of hydrogen-bond acceptors (Lipinski definition) is 3. The molecule has 3 aromatic rings. The van der Waals surface area contributed by atoms with Crippen molar-refractivity contribution in [3.63, 3.8) is 0 Å². The lowest BCUT2D eigenvalue weighted by atomic mass is 10.1. The molecule has 24 heavy (non-hydrogen) atoms. The maximum absolute atomic E-state index is 13.0. The van der Waals surface area contributed by atoms with E-state index in [2.05, 4.69) is 4.98 Å². The molecule has 1 heterocycles. The molecule has 0 saturated heterocycles. The van der Waals surface area contributed by atoms with E-state index < -0.39 is 17.7 Å². The number of alkyl halides is 3. The van der Waals surface area contributed by atoms with Gasteiger partial charge in [0, 0.05) is 11.5 Å². The first-order valence-corrected chi connectivity index (χ1v) is 6.72. The molecule has 0 fully saturated rings. The highest BCUT2D eigenvalue weighted by molar-refractivity contribution is 5.87. The van der Waals surface area contributed by atoms with E-state index in [4.69, 9.17) is 10.00 Å². The fourth-order valence-electron chi connectivity index (χ4n) is 2.12. The molecule has 0 atom stereocenters. The minimum Gasteiger partial charge on any atom is -0.457 e. The van der Waals surface area contributed by atoms with E-state index in [0.29, 0.717) is 0 Å². The van der Waals surface area contributed by atoms with Crippen LogP contribution >= 0.6 is 0 Å². The van der Waals surface area contributed by atoms with Gasteiger partial charge in [0.1, 0.15) is 23.0 Å². The SMILES string of the molecule is N#Cc1ccc2nc(C(F)(F)F)cc(Oc3ccc(F)cc3)c2c1. The van der Waals surface area contributed by atoms with E-state index in [0.717, 1.165) is 18.2 Å². The van der Waals surface area contributed by atoms with Gasteiger partial charge in [-0.05, 0) is 42.5 Å². The van der Waals surface area contributed by atoms with Crippen LogP contribution in [0.5, 0.6) is 11.5 Å². The summed E-state index contributed by atoms with van der Waals surface area (Å²) in [4.78, 5) is 3.56. The van der Waals surface area contributed by atoms with Gasteiger partial charge in [-0.15, -0.1) is 0 Å². The van der Waals surface area contributed by atoms with Crippen LogP contribution in [0.15, 0.2) is 48.5 Å². The molecule has 0 bridgehead atoms. The van der Waals surface area contributed by atoms with Crippen LogP contribution in [0.2, 0.25) is 0 Å². The Morgan fingerprint density at radius 3 is 2.33 bits per heavy atom. The number of ether oxygens (including phenoxy) is 1. The summed E-state index contributed by atoms with van der Waals surface area (Å²) in [5.74, 6) is -0.444. The first kappa shape index (κ1) is 15.7. The predicted molar refractivity (Wildman–Crippen MR) is 77.9 cm³/mol. The normalized spacial score (nSPS) is 11.3. The fourth-order valence-corrected chi connectivity index (χ4v) is 2.12. The zero-order valence-electron chi connectivity index (χ0n) is 11.9. The number of hydrogen-bond donors (Lipinski definition) is 0. The molecular weight excluding hydrogens is 324 g/mol. The van der Waals surface area contributed by atoms with Crippen LogP contribution in [0, 0.1) is 17.1 Å². The topological polar surface area (TPSA) is 45.9 Å². The standard InChI is InChI=1S/C17H8F4N2O/c18-11-2-4-12(5-3-11)24-15-8-16(17(19,20)21)23-14-6-1-10(9-22)7-13(14)15/h1-8H. The first-order valence-electron chi connectivity index (χ1n) is 6.72. The average Bonchev–Trinajstić information content (AvgIpc) is 2.55. The number of fused-ring (bicyclic) bond motifs is 1. The monoisotopic (exact) mass is 332 g/mol. The molecule has 3 nitrogen and oxygen atoms in total. The van der Waals surface area contributed by atoms with Crippen molar-refractivity contribution in [1.29, 1.82) is 5.26 Å². The molecule has 0 saturated carbocycles. The number of pyridine rings is 1. The molecule has 0 unspecified atom stereocenters. The van der Waals surface area contributed by atoms with E-state index in [-0.39, 0.29) is 28.0 Å². The van der Waals surface area contributed by atoms with Crippen molar-refractivity contribution in [3.8, 4) is 17.6 Å². The third-order valence-electron chi connectivity index (χ3n) is 3.23. The number of aromatic nitrogens is 1.